The van der Waals surface area contributed by atoms with Gasteiger partial charge in [0.05, 0.1) is 16.8 Å². The first-order valence-corrected chi connectivity index (χ1v) is 7.91. The van der Waals surface area contributed by atoms with Crippen molar-refractivity contribution in [3.05, 3.63) is 65.0 Å². The molecule has 0 fully saturated rings. The summed E-state index contributed by atoms with van der Waals surface area (Å²) in [6.07, 6.45) is 0. The highest BCUT2D eigenvalue weighted by Crippen LogP contribution is 2.21. The third-order valence-corrected chi connectivity index (χ3v) is 4.60. The highest BCUT2D eigenvalue weighted by Gasteiger charge is 2.11. The molecule has 0 aliphatic heterocycles. The monoisotopic (exact) mass is 325 g/mol. The highest BCUT2D eigenvalue weighted by molar-refractivity contribution is 7.18. The Labute approximate surface area is 135 Å². The number of nitrogens with one attached hydrogen (secondary N) is 2. The van der Waals surface area contributed by atoms with Crippen LogP contribution in [0.3, 0.4) is 0 Å². The fraction of sp³-hybridized carbons (Fsp3) is 0.0588. The Bertz CT molecular complexity index is 988. The van der Waals surface area contributed by atoms with E-state index < -0.39 is 0 Å². The average Bonchev–Trinajstić information content (AvgIpc) is 3.15. The van der Waals surface area contributed by atoms with Gasteiger partial charge in [-0.05, 0) is 36.4 Å². The molecule has 0 radical (unpaired) electrons. The summed E-state index contributed by atoms with van der Waals surface area (Å²) in [7, 11) is 0. The molecule has 0 aliphatic carbocycles. The van der Waals surface area contributed by atoms with E-state index in [0.29, 0.717) is 17.6 Å². The molecule has 2 N–H and O–H groups in total. The molecule has 0 saturated heterocycles. The van der Waals surface area contributed by atoms with E-state index in [2.05, 4.69) is 15.3 Å². The minimum absolute atomic E-state index is 0.235. The molecule has 4 nitrogen and oxygen atoms in total. The van der Waals surface area contributed by atoms with Crippen molar-refractivity contribution in [1.82, 2.24) is 15.3 Å². The molecule has 0 saturated carbocycles. The molecule has 23 heavy (non-hydrogen) atoms. The van der Waals surface area contributed by atoms with E-state index in [4.69, 9.17) is 0 Å². The van der Waals surface area contributed by atoms with Gasteiger partial charge in [-0.15, -0.1) is 11.3 Å². The van der Waals surface area contributed by atoms with Crippen LogP contribution in [0.2, 0.25) is 0 Å². The number of para-hydroxylation sites is 1. The molecular weight excluding hydrogens is 313 g/mol. The van der Waals surface area contributed by atoms with Crippen LogP contribution in [0.15, 0.2) is 48.5 Å². The molecule has 4 rings (SSSR count). The van der Waals surface area contributed by atoms with Gasteiger partial charge in [-0.25, -0.2) is 9.37 Å². The molecule has 6 heteroatoms. The Hall–Kier alpha value is -2.73. The number of hydrogen-bond donors (Lipinski definition) is 2. The number of thiazole rings is 1. The lowest BCUT2D eigenvalue weighted by atomic mass is 10.2. The van der Waals surface area contributed by atoms with Gasteiger partial charge in [-0.3, -0.25) is 4.79 Å². The van der Waals surface area contributed by atoms with Gasteiger partial charge in [0.1, 0.15) is 16.5 Å². The second-order valence-corrected chi connectivity index (χ2v) is 6.29. The van der Waals surface area contributed by atoms with E-state index in [1.165, 1.54) is 12.1 Å². The maximum atomic E-state index is 13.2. The normalized spacial score (nSPS) is 11.2. The number of halogens is 1. The van der Waals surface area contributed by atoms with Crippen LogP contribution in [0.4, 0.5) is 4.39 Å². The third kappa shape index (κ3) is 2.68. The summed E-state index contributed by atoms with van der Waals surface area (Å²) in [6, 6.07) is 13.9. The Kier molecular flexibility index (Phi) is 3.31. The summed E-state index contributed by atoms with van der Waals surface area (Å²) in [5.74, 6) is -0.557. The molecule has 0 unspecified atom stereocenters. The second kappa shape index (κ2) is 5.48. The first kappa shape index (κ1) is 13.9. The predicted molar refractivity (Wildman–Crippen MR) is 89.0 cm³/mol. The largest absolute Gasteiger partial charge is 0.351 e. The third-order valence-electron chi connectivity index (χ3n) is 3.57. The van der Waals surface area contributed by atoms with Crippen LogP contribution in [0.1, 0.15) is 15.5 Å². The first-order valence-electron chi connectivity index (χ1n) is 7.10. The zero-order chi connectivity index (χ0) is 15.8. The van der Waals surface area contributed by atoms with E-state index in [1.807, 2.05) is 24.3 Å². The summed E-state index contributed by atoms with van der Waals surface area (Å²) in [4.78, 5) is 19.7. The summed E-state index contributed by atoms with van der Waals surface area (Å²) >= 11 is 1.56. The van der Waals surface area contributed by atoms with Gasteiger partial charge in [0.15, 0.2) is 0 Å². The van der Waals surface area contributed by atoms with Crippen LogP contribution < -0.4 is 5.32 Å². The number of H-pyrrole nitrogens is 1. The number of aromatic nitrogens is 2. The zero-order valence-electron chi connectivity index (χ0n) is 12.0. The van der Waals surface area contributed by atoms with Crippen molar-refractivity contribution in [2.75, 3.05) is 0 Å². The minimum atomic E-state index is -0.321. The fourth-order valence-corrected chi connectivity index (χ4v) is 3.38. The van der Waals surface area contributed by atoms with Crippen molar-refractivity contribution in [2.24, 2.45) is 0 Å². The molecule has 0 spiro atoms. The van der Waals surface area contributed by atoms with E-state index >= 15 is 0 Å². The topological polar surface area (TPSA) is 57.8 Å². The number of hydrogen-bond acceptors (Lipinski definition) is 3. The summed E-state index contributed by atoms with van der Waals surface area (Å²) < 4.78 is 14.3. The van der Waals surface area contributed by atoms with Gasteiger partial charge in [0.25, 0.3) is 5.91 Å². The van der Waals surface area contributed by atoms with Crippen LogP contribution in [0.25, 0.3) is 21.1 Å². The number of amides is 1. The van der Waals surface area contributed by atoms with Crippen molar-refractivity contribution in [3.63, 3.8) is 0 Å². The summed E-state index contributed by atoms with van der Waals surface area (Å²) in [6.45, 7) is 0.363. The van der Waals surface area contributed by atoms with Gasteiger partial charge < -0.3 is 10.3 Å². The zero-order valence-corrected chi connectivity index (χ0v) is 12.8. The molecule has 114 valence electrons. The van der Waals surface area contributed by atoms with Gasteiger partial charge >= 0.3 is 0 Å². The van der Waals surface area contributed by atoms with Crippen molar-refractivity contribution in [3.8, 4) is 0 Å². The Morgan fingerprint density at radius 1 is 1.22 bits per heavy atom. The van der Waals surface area contributed by atoms with Gasteiger partial charge in [0.2, 0.25) is 0 Å². The molecule has 4 aromatic rings. The number of aromatic amines is 1. The van der Waals surface area contributed by atoms with Gasteiger partial charge in [0, 0.05) is 10.9 Å². The average molecular weight is 325 g/mol. The van der Waals surface area contributed by atoms with Crippen LogP contribution in [-0.2, 0) is 6.54 Å². The molecule has 0 bridgehead atoms. The number of carbonyl (C=O) groups is 1. The Balaban J connectivity index is 1.52. The van der Waals surface area contributed by atoms with E-state index in [0.717, 1.165) is 20.7 Å². The standard InChI is InChI=1S/C17H12FN3OS/c18-11-5-6-12-10(7-11)8-14(20-12)17(22)19-9-16-21-13-3-1-2-4-15(13)23-16/h1-8,20H,9H2,(H,19,22). The van der Waals surface area contributed by atoms with Gasteiger partial charge in [-0.2, -0.15) is 0 Å². The minimum Gasteiger partial charge on any atom is -0.351 e. The lowest BCUT2D eigenvalue weighted by molar-refractivity contribution is 0.0946. The number of benzene rings is 2. The fourth-order valence-electron chi connectivity index (χ4n) is 2.47. The van der Waals surface area contributed by atoms with Crippen molar-refractivity contribution < 1.29 is 9.18 Å². The molecule has 2 heterocycles. The molecular formula is C17H12FN3OS. The van der Waals surface area contributed by atoms with Gasteiger partial charge in [-0.1, -0.05) is 12.1 Å². The molecule has 2 aromatic carbocycles. The van der Waals surface area contributed by atoms with Crippen molar-refractivity contribution in [2.45, 2.75) is 6.54 Å². The Morgan fingerprint density at radius 3 is 2.96 bits per heavy atom. The lowest BCUT2D eigenvalue weighted by Gasteiger charge is -2.00. The van der Waals surface area contributed by atoms with Crippen LogP contribution >= 0.6 is 11.3 Å². The smallest absolute Gasteiger partial charge is 0.268 e. The van der Waals surface area contributed by atoms with Crippen LogP contribution in [-0.4, -0.2) is 15.9 Å². The van der Waals surface area contributed by atoms with Crippen molar-refractivity contribution in [1.29, 1.82) is 0 Å². The number of carbonyl (C=O) groups excluding carboxylic acids is 1. The molecule has 0 atom stereocenters. The van der Waals surface area contributed by atoms with Crippen molar-refractivity contribution >= 4 is 38.4 Å². The number of rotatable bonds is 3. The van der Waals surface area contributed by atoms with Crippen LogP contribution in [0.5, 0.6) is 0 Å². The number of nitrogens with zero attached hydrogens (tertiary/aromatic N) is 1. The molecule has 0 aliphatic rings. The summed E-state index contributed by atoms with van der Waals surface area (Å²) in [5, 5.41) is 4.36. The Morgan fingerprint density at radius 2 is 2.09 bits per heavy atom. The predicted octanol–water partition coefficient (Wildman–Crippen LogP) is 3.85. The maximum absolute atomic E-state index is 13.2. The lowest BCUT2D eigenvalue weighted by Crippen LogP contribution is -2.22. The summed E-state index contributed by atoms with van der Waals surface area (Å²) in [5.41, 5.74) is 2.08. The molecule has 2 aromatic heterocycles. The molecule has 1 amide bonds. The number of fused-ring (bicyclic) bond motifs is 2. The SMILES string of the molecule is O=C(NCc1nc2ccccc2s1)c1cc2cc(F)ccc2[nH]1. The second-order valence-electron chi connectivity index (χ2n) is 5.17. The first-order chi connectivity index (χ1) is 11.2. The van der Waals surface area contributed by atoms with Crippen LogP contribution in [0, 0.1) is 5.82 Å². The highest BCUT2D eigenvalue weighted by atomic mass is 32.1. The van der Waals surface area contributed by atoms with E-state index in [1.54, 1.807) is 23.5 Å². The van der Waals surface area contributed by atoms with E-state index in [9.17, 15) is 9.18 Å². The quantitative estimate of drug-likeness (QED) is 0.601. The maximum Gasteiger partial charge on any atom is 0.268 e. The van der Waals surface area contributed by atoms with E-state index in [-0.39, 0.29) is 11.7 Å².